The summed E-state index contributed by atoms with van der Waals surface area (Å²) in [7, 11) is 0. The summed E-state index contributed by atoms with van der Waals surface area (Å²) in [4.78, 5) is 0. The Bertz CT molecular complexity index is 331. The van der Waals surface area contributed by atoms with Crippen LogP contribution in [0.25, 0.3) is 0 Å². The third-order valence-corrected chi connectivity index (χ3v) is 4.04. The molecule has 1 aliphatic heterocycles. The Kier molecular flexibility index (Phi) is 4.25. The van der Waals surface area contributed by atoms with Crippen LogP contribution in [0.1, 0.15) is 37.7 Å². The first-order valence-electron chi connectivity index (χ1n) is 6.28. The van der Waals surface area contributed by atoms with Crippen molar-refractivity contribution in [3.63, 3.8) is 0 Å². The molecule has 0 aromatic heterocycles. The van der Waals surface area contributed by atoms with E-state index in [0.29, 0.717) is 5.92 Å². The van der Waals surface area contributed by atoms with Crippen LogP contribution in [0.4, 0.5) is 0 Å². The van der Waals surface area contributed by atoms with Gasteiger partial charge in [0.15, 0.2) is 0 Å². The van der Waals surface area contributed by atoms with Crippen LogP contribution in [0.2, 0.25) is 5.02 Å². The second-order valence-corrected chi connectivity index (χ2v) is 5.03. The molecule has 88 valence electrons. The number of halogens is 1. The standard InChI is InChI=1S/C14H20ClN/c1-2-12(11-7-9-16-10-8-11)13-5-3-4-6-14(13)15/h3-6,11-12,16H,2,7-10H2,1H3. The normalized spacial score (nSPS) is 19.6. The number of hydrogen-bond donors (Lipinski definition) is 1. The SMILES string of the molecule is CCC(c1ccccc1Cl)C1CCNCC1. The van der Waals surface area contributed by atoms with Crippen LogP contribution < -0.4 is 5.32 Å². The molecule has 1 unspecified atom stereocenters. The van der Waals surface area contributed by atoms with E-state index in [1.54, 1.807) is 0 Å². The number of rotatable bonds is 3. The Hall–Kier alpha value is -0.530. The van der Waals surface area contributed by atoms with Gasteiger partial charge in [0.1, 0.15) is 0 Å². The predicted molar refractivity (Wildman–Crippen MR) is 70.1 cm³/mol. The molecule has 0 spiro atoms. The summed E-state index contributed by atoms with van der Waals surface area (Å²) in [5.74, 6) is 1.43. The minimum absolute atomic E-state index is 0.635. The molecule has 2 heteroatoms. The van der Waals surface area contributed by atoms with Crippen molar-refractivity contribution in [3.05, 3.63) is 34.9 Å². The molecule has 0 amide bonds. The van der Waals surface area contributed by atoms with Crippen molar-refractivity contribution in [2.24, 2.45) is 5.92 Å². The summed E-state index contributed by atoms with van der Waals surface area (Å²) >= 11 is 6.30. The lowest BCUT2D eigenvalue weighted by Gasteiger charge is -2.31. The molecule has 1 fully saturated rings. The highest BCUT2D eigenvalue weighted by atomic mass is 35.5. The fraction of sp³-hybridized carbons (Fsp3) is 0.571. The highest BCUT2D eigenvalue weighted by Crippen LogP contribution is 2.36. The van der Waals surface area contributed by atoms with E-state index in [4.69, 9.17) is 11.6 Å². The summed E-state index contributed by atoms with van der Waals surface area (Å²) in [6.07, 6.45) is 3.75. The fourth-order valence-electron chi connectivity index (χ4n) is 2.83. The van der Waals surface area contributed by atoms with Gasteiger partial charge in [-0.1, -0.05) is 36.7 Å². The lowest BCUT2D eigenvalue weighted by Crippen LogP contribution is -2.30. The average molecular weight is 238 g/mol. The van der Waals surface area contributed by atoms with Gasteiger partial charge in [0, 0.05) is 5.02 Å². The zero-order chi connectivity index (χ0) is 11.4. The maximum Gasteiger partial charge on any atom is 0.0440 e. The molecule has 0 saturated carbocycles. The molecule has 1 aliphatic rings. The molecule has 1 saturated heterocycles. The quantitative estimate of drug-likeness (QED) is 0.843. The van der Waals surface area contributed by atoms with Crippen molar-refractivity contribution in [1.29, 1.82) is 0 Å². The highest BCUT2D eigenvalue weighted by Gasteiger charge is 2.24. The molecule has 0 radical (unpaired) electrons. The van der Waals surface area contributed by atoms with Crippen molar-refractivity contribution >= 4 is 11.6 Å². The van der Waals surface area contributed by atoms with E-state index in [0.717, 1.165) is 24.0 Å². The lowest BCUT2D eigenvalue weighted by atomic mass is 9.79. The van der Waals surface area contributed by atoms with E-state index in [2.05, 4.69) is 24.4 Å². The second kappa shape index (κ2) is 5.70. The average Bonchev–Trinajstić information content (AvgIpc) is 2.34. The summed E-state index contributed by atoms with van der Waals surface area (Å²) in [6.45, 7) is 4.59. The van der Waals surface area contributed by atoms with E-state index in [1.807, 2.05) is 12.1 Å². The molecular formula is C14H20ClN. The number of benzene rings is 1. The van der Waals surface area contributed by atoms with Crippen LogP contribution in [0.3, 0.4) is 0 Å². The first-order chi connectivity index (χ1) is 7.83. The molecule has 0 aliphatic carbocycles. The number of hydrogen-bond acceptors (Lipinski definition) is 1. The lowest BCUT2D eigenvalue weighted by molar-refractivity contribution is 0.312. The van der Waals surface area contributed by atoms with Gasteiger partial charge in [0.2, 0.25) is 0 Å². The van der Waals surface area contributed by atoms with Gasteiger partial charge in [-0.15, -0.1) is 0 Å². The third kappa shape index (κ3) is 2.58. The Labute approximate surface area is 103 Å². The van der Waals surface area contributed by atoms with Crippen molar-refractivity contribution in [3.8, 4) is 0 Å². The van der Waals surface area contributed by atoms with Gasteiger partial charge < -0.3 is 5.32 Å². The zero-order valence-electron chi connectivity index (χ0n) is 9.88. The van der Waals surface area contributed by atoms with Gasteiger partial charge in [0.05, 0.1) is 0 Å². The Morgan fingerprint density at radius 2 is 2.00 bits per heavy atom. The van der Waals surface area contributed by atoms with Gasteiger partial charge in [-0.2, -0.15) is 0 Å². The summed E-state index contributed by atoms with van der Waals surface area (Å²) in [5, 5.41) is 4.36. The van der Waals surface area contributed by atoms with E-state index in [1.165, 1.54) is 24.8 Å². The van der Waals surface area contributed by atoms with Crippen LogP contribution in [0.5, 0.6) is 0 Å². The topological polar surface area (TPSA) is 12.0 Å². The minimum atomic E-state index is 0.635. The van der Waals surface area contributed by atoms with Crippen LogP contribution in [0.15, 0.2) is 24.3 Å². The Morgan fingerprint density at radius 1 is 1.31 bits per heavy atom. The molecule has 1 nitrogen and oxygen atoms in total. The van der Waals surface area contributed by atoms with Gasteiger partial charge in [0.25, 0.3) is 0 Å². The van der Waals surface area contributed by atoms with Crippen molar-refractivity contribution in [2.45, 2.75) is 32.1 Å². The molecule has 0 bridgehead atoms. The first-order valence-corrected chi connectivity index (χ1v) is 6.66. The second-order valence-electron chi connectivity index (χ2n) is 4.62. The molecule has 1 atom stereocenters. The van der Waals surface area contributed by atoms with E-state index >= 15 is 0 Å². The van der Waals surface area contributed by atoms with E-state index in [9.17, 15) is 0 Å². The van der Waals surface area contributed by atoms with Crippen LogP contribution in [-0.4, -0.2) is 13.1 Å². The van der Waals surface area contributed by atoms with Gasteiger partial charge in [-0.25, -0.2) is 0 Å². The molecule has 2 rings (SSSR count). The number of nitrogens with one attached hydrogen (secondary N) is 1. The maximum atomic E-state index is 6.30. The number of piperidine rings is 1. The van der Waals surface area contributed by atoms with Crippen LogP contribution >= 0.6 is 11.6 Å². The Balaban J connectivity index is 2.18. The van der Waals surface area contributed by atoms with E-state index in [-0.39, 0.29) is 0 Å². The highest BCUT2D eigenvalue weighted by molar-refractivity contribution is 6.31. The summed E-state index contributed by atoms with van der Waals surface area (Å²) < 4.78 is 0. The van der Waals surface area contributed by atoms with E-state index < -0.39 is 0 Å². The Morgan fingerprint density at radius 3 is 2.62 bits per heavy atom. The molecular weight excluding hydrogens is 218 g/mol. The molecule has 1 heterocycles. The van der Waals surface area contributed by atoms with Crippen molar-refractivity contribution in [2.75, 3.05) is 13.1 Å². The van der Waals surface area contributed by atoms with Crippen molar-refractivity contribution < 1.29 is 0 Å². The minimum Gasteiger partial charge on any atom is -0.317 e. The molecule has 1 N–H and O–H groups in total. The van der Waals surface area contributed by atoms with Gasteiger partial charge >= 0.3 is 0 Å². The zero-order valence-corrected chi connectivity index (χ0v) is 10.6. The predicted octanol–water partition coefficient (Wildman–Crippen LogP) is 3.83. The first kappa shape index (κ1) is 11.9. The fourth-order valence-corrected chi connectivity index (χ4v) is 3.11. The molecule has 16 heavy (non-hydrogen) atoms. The maximum absolute atomic E-state index is 6.30. The van der Waals surface area contributed by atoms with Gasteiger partial charge in [-0.05, 0) is 55.8 Å². The molecule has 1 aromatic rings. The van der Waals surface area contributed by atoms with Gasteiger partial charge in [-0.3, -0.25) is 0 Å². The summed E-state index contributed by atoms with van der Waals surface area (Å²) in [5.41, 5.74) is 1.35. The van der Waals surface area contributed by atoms with Crippen LogP contribution in [-0.2, 0) is 0 Å². The largest absolute Gasteiger partial charge is 0.317 e. The smallest absolute Gasteiger partial charge is 0.0440 e. The van der Waals surface area contributed by atoms with Crippen LogP contribution in [0, 0.1) is 5.92 Å². The monoisotopic (exact) mass is 237 g/mol. The molecule has 1 aromatic carbocycles. The summed E-state index contributed by atoms with van der Waals surface area (Å²) in [6, 6.07) is 8.32. The van der Waals surface area contributed by atoms with Crippen molar-refractivity contribution in [1.82, 2.24) is 5.32 Å². The third-order valence-electron chi connectivity index (χ3n) is 3.70.